The Kier molecular flexibility index (Phi) is 6.50. The second-order valence-electron chi connectivity index (χ2n) is 8.23. The van der Waals surface area contributed by atoms with Gasteiger partial charge in [0, 0.05) is 30.9 Å². The molecule has 1 aliphatic rings. The van der Waals surface area contributed by atoms with Crippen molar-refractivity contribution in [2.24, 2.45) is 0 Å². The Balaban J connectivity index is 1.44. The van der Waals surface area contributed by atoms with Crippen molar-refractivity contribution < 1.29 is 9.53 Å². The van der Waals surface area contributed by atoms with Crippen LogP contribution < -0.4 is 10.2 Å². The van der Waals surface area contributed by atoms with Crippen LogP contribution in [0.5, 0.6) is 0 Å². The molecule has 4 rings (SSSR count). The maximum atomic E-state index is 12.6. The Hall–Kier alpha value is -3.26. The van der Waals surface area contributed by atoms with Crippen LogP contribution >= 0.6 is 0 Å². The van der Waals surface area contributed by atoms with Gasteiger partial charge in [0.1, 0.15) is 0 Å². The van der Waals surface area contributed by atoms with E-state index >= 15 is 0 Å². The van der Waals surface area contributed by atoms with Crippen LogP contribution in [0.3, 0.4) is 0 Å². The molecule has 1 saturated heterocycles. The smallest absolute Gasteiger partial charge is 0.224 e. The van der Waals surface area contributed by atoms with Gasteiger partial charge >= 0.3 is 0 Å². The maximum absolute atomic E-state index is 12.6. The predicted octanol–water partition coefficient (Wildman–Crippen LogP) is 3.30. The lowest BCUT2D eigenvalue weighted by atomic mass is 10.1. The lowest BCUT2D eigenvalue weighted by Crippen LogP contribution is -2.36. The molecule has 0 spiro atoms. The first-order valence-corrected chi connectivity index (χ1v) is 11.0. The molecule has 8 heteroatoms. The van der Waals surface area contributed by atoms with E-state index in [1.165, 1.54) is 0 Å². The second kappa shape index (κ2) is 9.48. The first kappa shape index (κ1) is 22.0. The molecule has 8 nitrogen and oxygen atoms in total. The third kappa shape index (κ3) is 4.65. The summed E-state index contributed by atoms with van der Waals surface area (Å²) in [6.45, 7) is 11.1. The molecule has 0 saturated carbocycles. The largest absolute Gasteiger partial charge is 0.378 e. The number of amides is 1. The molecule has 3 heterocycles. The highest BCUT2D eigenvalue weighted by molar-refractivity contribution is 5.92. The molecule has 1 aromatic carbocycles. The molecule has 1 aliphatic heterocycles. The van der Waals surface area contributed by atoms with Gasteiger partial charge in [0.05, 0.1) is 18.9 Å². The summed E-state index contributed by atoms with van der Waals surface area (Å²) < 4.78 is 7.21. The van der Waals surface area contributed by atoms with E-state index in [0.29, 0.717) is 31.9 Å². The van der Waals surface area contributed by atoms with Crippen molar-refractivity contribution in [3.63, 3.8) is 0 Å². The van der Waals surface area contributed by atoms with Gasteiger partial charge < -0.3 is 15.0 Å². The number of carbonyl (C=O) groups is 1. The number of rotatable bonds is 6. The van der Waals surface area contributed by atoms with Crippen molar-refractivity contribution in [2.75, 3.05) is 36.5 Å². The van der Waals surface area contributed by atoms with Gasteiger partial charge in [0.25, 0.3) is 0 Å². The van der Waals surface area contributed by atoms with Crippen LogP contribution in [-0.4, -0.2) is 52.2 Å². The van der Waals surface area contributed by atoms with E-state index in [2.05, 4.69) is 25.5 Å². The minimum Gasteiger partial charge on any atom is -0.378 e. The van der Waals surface area contributed by atoms with Crippen molar-refractivity contribution in [1.29, 1.82) is 0 Å². The summed E-state index contributed by atoms with van der Waals surface area (Å²) in [7, 11) is 0. The summed E-state index contributed by atoms with van der Waals surface area (Å²) in [4.78, 5) is 14.8. The van der Waals surface area contributed by atoms with Crippen LogP contribution in [0.1, 0.15) is 34.5 Å². The number of nitrogens with one attached hydrogen (secondary N) is 1. The van der Waals surface area contributed by atoms with Gasteiger partial charge in [-0.25, -0.2) is 4.68 Å². The molecular formula is C24H30N6O2. The zero-order valence-electron chi connectivity index (χ0n) is 19.2. The van der Waals surface area contributed by atoms with Crippen LogP contribution in [-0.2, 0) is 16.0 Å². The van der Waals surface area contributed by atoms with Gasteiger partial charge in [-0.05, 0) is 62.9 Å². The van der Waals surface area contributed by atoms with Crippen molar-refractivity contribution in [3.05, 3.63) is 58.4 Å². The zero-order valence-corrected chi connectivity index (χ0v) is 19.2. The number of aryl methyl sites for hydroxylation is 3. The lowest BCUT2D eigenvalue weighted by Gasteiger charge is -2.27. The fourth-order valence-corrected chi connectivity index (χ4v) is 4.10. The molecule has 0 atom stereocenters. The fraction of sp³-hybridized carbons (Fsp3) is 0.417. The first-order valence-electron chi connectivity index (χ1n) is 11.0. The summed E-state index contributed by atoms with van der Waals surface area (Å²) in [6, 6.07) is 9.92. The standard InChI is InChI=1S/C24H30N6O2/c1-16-6-5-7-17(2)24(16)25-23(31)11-8-20-18(3)28-30(19(20)4)22-10-9-21(26-27-22)29-12-14-32-15-13-29/h5-7,9-10H,8,11-15H2,1-4H3,(H,25,31). The van der Waals surface area contributed by atoms with Gasteiger partial charge in [-0.3, -0.25) is 4.79 Å². The van der Waals surface area contributed by atoms with Crippen molar-refractivity contribution in [3.8, 4) is 5.82 Å². The molecule has 1 N–H and O–H groups in total. The number of nitrogens with zero attached hydrogens (tertiary/aromatic N) is 5. The third-order valence-corrected chi connectivity index (χ3v) is 5.98. The maximum Gasteiger partial charge on any atom is 0.224 e. The molecule has 2 aromatic heterocycles. The van der Waals surface area contributed by atoms with Crippen LogP contribution in [0.2, 0.25) is 0 Å². The Morgan fingerprint density at radius 1 is 1.00 bits per heavy atom. The van der Waals surface area contributed by atoms with Gasteiger partial charge in [0.15, 0.2) is 11.6 Å². The van der Waals surface area contributed by atoms with E-state index in [9.17, 15) is 4.79 Å². The SMILES string of the molecule is Cc1cccc(C)c1NC(=O)CCc1c(C)nn(-c2ccc(N3CCOCC3)nn2)c1C. The van der Waals surface area contributed by atoms with E-state index in [4.69, 9.17) is 4.74 Å². The Bertz CT molecular complexity index is 1080. The number of para-hydroxylation sites is 1. The van der Waals surface area contributed by atoms with E-state index < -0.39 is 0 Å². The molecule has 0 unspecified atom stereocenters. The molecule has 168 valence electrons. The minimum absolute atomic E-state index is 0.00334. The summed E-state index contributed by atoms with van der Waals surface area (Å²) in [5.74, 6) is 1.53. The molecule has 3 aromatic rings. The number of hydrogen-bond acceptors (Lipinski definition) is 6. The number of aromatic nitrogens is 4. The van der Waals surface area contributed by atoms with Gasteiger partial charge in [-0.1, -0.05) is 18.2 Å². The summed E-state index contributed by atoms with van der Waals surface area (Å²) in [6.07, 6.45) is 1.01. The van der Waals surface area contributed by atoms with Gasteiger partial charge in [-0.2, -0.15) is 5.10 Å². The van der Waals surface area contributed by atoms with E-state index in [1.54, 1.807) is 0 Å². The highest BCUT2D eigenvalue weighted by Gasteiger charge is 2.17. The average Bonchev–Trinajstić information content (AvgIpc) is 3.09. The number of carbonyl (C=O) groups excluding carboxylic acids is 1. The van der Waals surface area contributed by atoms with Crippen molar-refractivity contribution in [1.82, 2.24) is 20.0 Å². The zero-order chi connectivity index (χ0) is 22.7. The highest BCUT2D eigenvalue weighted by Crippen LogP contribution is 2.22. The average molecular weight is 435 g/mol. The van der Waals surface area contributed by atoms with Crippen LogP contribution in [0, 0.1) is 27.7 Å². The Morgan fingerprint density at radius 2 is 1.66 bits per heavy atom. The quantitative estimate of drug-likeness (QED) is 0.641. The summed E-state index contributed by atoms with van der Waals surface area (Å²) >= 11 is 0. The number of anilines is 2. The molecule has 1 fully saturated rings. The fourth-order valence-electron chi connectivity index (χ4n) is 4.10. The number of hydrogen-bond donors (Lipinski definition) is 1. The second-order valence-corrected chi connectivity index (χ2v) is 8.23. The van der Waals surface area contributed by atoms with E-state index in [-0.39, 0.29) is 5.91 Å². The van der Waals surface area contributed by atoms with Crippen LogP contribution in [0.15, 0.2) is 30.3 Å². The number of morpholine rings is 1. The number of ether oxygens (including phenoxy) is 1. The van der Waals surface area contributed by atoms with Crippen molar-refractivity contribution >= 4 is 17.4 Å². The topological polar surface area (TPSA) is 85.2 Å². The highest BCUT2D eigenvalue weighted by atomic mass is 16.5. The molecular weight excluding hydrogens is 404 g/mol. The van der Waals surface area contributed by atoms with Gasteiger partial charge in [-0.15, -0.1) is 10.2 Å². The van der Waals surface area contributed by atoms with Crippen LogP contribution in [0.4, 0.5) is 11.5 Å². The molecule has 0 bridgehead atoms. The minimum atomic E-state index is 0.00334. The van der Waals surface area contributed by atoms with Gasteiger partial charge in [0.2, 0.25) is 5.91 Å². The third-order valence-electron chi connectivity index (χ3n) is 5.98. The summed E-state index contributed by atoms with van der Waals surface area (Å²) in [5.41, 5.74) is 5.99. The monoisotopic (exact) mass is 434 g/mol. The first-order chi connectivity index (χ1) is 15.4. The molecule has 1 amide bonds. The molecule has 0 aliphatic carbocycles. The summed E-state index contributed by atoms with van der Waals surface area (Å²) in [5, 5.41) is 16.5. The van der Waals surface area contributed by atoms with E-state index in [0.717, 1.165) is 52.7 Å². The normalized spacial score (nSPS) is 13.9. The molecule has 32 heavy (non-hydrogen) atoms. The van der Waals surface area contributed by atoms with Crippen LogP contribution in [0.25, 0.3) is 5.82 Å². The molecule has 0 radical (unpaired) electrons. The Labute approximate surface area is 188 Å². The number of benzene rings is 1. The predicted molar refractivity (Wildman–Crippen MR) is 125 cm³/mol. The van der Waals surface area contributed by atoms with E-state index in [1.807, 2.05) is 62.7 Å². The Morgan fingerprint density at radius 3 is 2.31 bits per heavy atom. The lowest BCUT2D eigenvalue weighted by molar-refractivity contribution is -0.116. The van der Waals surface area contributed by atoms with Crippen molar-refractivity contribution in [2.45, 2.75) is 40.5 Å².